The minimum atomic E-state index is -0.166. The highest BCUT2D eigenvalue weighted by molar-refractivity contribution is 5.78. The fourth-order valence-electron chi connectivity index (χ4n) is 3.54. The van der Waals surface area contributed by atoms with Gasteiger partial charge in [-0.1, -0.05) is 23.8 Å². The number of carbonyl (C=O) groups excluding carboxylic acids is 1. The second-order valence-electron chi connectivity index (χ2n) is 7.29. The average molecular weight is 404 g/mol. The van der Waals surface area contributed by atoms with Crippen LogP contribution in [-0.2, 0) is 4.79 Å². The van der Waals surface area contributed by atoms with Crippen molar-refractivity contribution in [3.05, 3.63) is 77.5 Å². The zero-order valence-corrected chi connectivity index (χ0v) is 17.1. The van der Waals surface area contributed by atoms with Gasteiger partial charge in [0.15, 0.2) is 6.61 Å². The highest BCUT2D eigenvalue weighted by Crippen LogP contribution is 2.35. The molecule has 0 fully saturated rings. The molecule has 1 aromatic heterocycles. The number of ether oxygens (including phenoxy) is 3. The Bertz CT molecular complexity index is 1020. The van der Waals surface area contributed by atoms with Gasteiger partial charge in [0.2, 0.25) is 5.88 Å². The van der Waals surface area contributed by atoms with Crippen LogP contribution in [0.5, 0.6) is 23.1 Å². The third-order valence-electron chi connectivity index (χ3n) is 4.87. The number of rotatable bonds is 6. The van der Waals surface area contributed by atoms with Crippen LogP contribution in [0.1, 0.15) is 29.2 Å². The zero-order chi connectivity index (χ0) is 20.9. The summed E-state index contributed by atoms with van der Waals surface area (Å²) >= 11 is 0. The maximum Gasteiger partial charge on any atom is 0.258 e. The molecule has 1 N–H and O–H groups in total. The summed E-state index contributed by atoms with van der Waals surface area (Å²) in [6, 6.07) is 16.7. The lowest BCUT2D eigenvalue weighted by Gasteiger charge is -2.28. The van der Waals surface area contributed by atoms with Crippen molar-refractivity contribution < 1.29 is 19.0 Å². The van der Waals surface area contributed by atoms with Crippen molar-refractivity contribution in [3.8, 4) is 23.1 Å². The number of nitrogens with one attached hydrogen (secondary N) is 1. The molecule has 1 atom stereocenters. The van der Waals surface area contributed by atoms with Gasteiger partial charge < -0.3 is 19.5 Å². The maximum atomic E-state index is 12.5. The van der Waals surface area contributed by atoms with Crippen molar-refractivity contribution in [1.29, 1.82) is 0 Å². The zero-order valence-electron chi connectivity index (χ0n) is 17.1. The van der Waals surface area contributed by atoms with E-state index in [0.717, 1.165) is 28.9 Å². The molecular formula is C24H24N2O4. The number of hydrogen-bond acceptors (Lipinski definition) is 5. The van der Waals surface area contributed by atoms with Crippen molar-refractivity contribution in [2.24, 2.45) is 0 Å². The summed E-state index contributed by atoms with van der Waals surface area (Å²) in [6.45, 7) is 4.60. The molecule has 4 rings (SSSR count). The van der Waals surface area contributed by atoms with Crippen LogP contribution in [0.2, 0.25) is 0 Å². The molecule has 1 amide bonds. The molecule has 1 aliphatic rings. The van der Waals surface area contributed by atoms with E-state index in [9.17, 15) is 4.79 Å². The third-order valence-corrected chi connectivity index (χ3v) is 4.87. The second kappa shape index (κ2) is 8.86. The van der Waals surface area contributed by atoms with Crippen LogP contribution in [0.3, 0.4) is 0 Å². The summed E-state index contributed by atoms with van der Waals surface area (Å²) in [4.78, 5) is 16.6. The Morgan fingerprint density at radius 2 is 1.93 bits per heavy atom. The molecule has 6 nitrogen and oxygen atoms in total. The average Bonchev–Trinajstić information content (AvgIpc) is 2.74. The quantitative estimate of drug-likeness (QED) is 0.655. The van der Waals surface area contributed by atoms with Crippen LogP contribution in [0.4, 0.5) is 0 Å². The Balaban J connectivity index is 1.33. The van der Waals surface area contributed by atoms with Gasteiger partial charge in [0.1, 0.15) is 17.2 Å². The molecule has 2 aromatic carbocycles. The van der Waals surface area contributed by atoms with Crippen LogP contribution < -0.4 is 19.5 Å². The van der Waals surface area contributed by atoms with Crippen LogP contribution in [0, 0.1) is 13.8 Å². The first-order valence-electron chi connectivity index (χ1n) is 9.93. The number of pyridine rings is 1. The molecular weight excluding hydrogens is 380 g/mol. The fraction of sp³-hybridized carbons (Fsp3) is 0.250. The SMILES string of the molecule is Cc1cc(C)c2c(c1)C(NC(=O)COc1ccc(Oc3ccccn3)cc1)CCO2. The predicted molar refractivity (Wildman–Crippen MR) is 113 cm³/mol. The molecule has 0 bridgehead atoms. The van der Waals surface area contributed by atoms with Gasteiger partial charge in [0.25, 0.3) is 5.91 Å². The van der Waals surface area contributed by atoms with E-state index in [1.165, 1.54) is 0 Å². The predicted octanol–water partition coefficient (Wildman–Crippen LogP) is 4.51. The lowest BCUT2D eigenvalue weighted by molar-refractivity contribution is -0.124. The molecule has 0 saturated heterocycles. The van der Waals surface area contributed by atoms with E-state index in [0.29, 0.717) is 24.0 Å². The number of nitrogens with zero attached hydrogens (tertiary/aromatic N) is 1. The van der Waals surface area contributed by atoms with Gasteiger partial charge >= 0.3 is 0 Å². The summed E-state index contributed by atoms with van der Waals surface area (Å²) in [5.41, 5.74) is 3.27. The molecule has 3 aromatic rings. The van der Waals surface area contributed by atoms with E-state index in [4.69, 9.17) is 14.2 Å². The van der Waals surface area contributed by atoms with Crippen molar-refractivity contribution >= 4 is 5.91 Å². The van der Waals surface area contributed by atoms with E-state index in [1.807, 2.05) is 26.0 Å². The maximum absolute atomic E-state index is 12.5. The normalized spacial score (nSPS) is 14.9. The second-order valence-corrected chi connectivity index (χ2v) is 7.29. The van der Waals surface area contributed by atoms with E-state index >= 15 is 0 Å². The molecule has 154 valence electrons. The van der Waals surface area contributed by atoms with Gasteiger partial charge in [-0.3, -0.25) is 4.79 Å². The van der Waals surface area contributed by atoms with Crippen LogP contribution in [0.15, 0.2) is 60.8 Å². The van der Waals surface area contributed by atoms with Gasteiger partial charge in [-0.15, -0.1) is 0 Å². The van der Waals surface area contributed by atoms with Gasteiger partial charge in [0, 0.05) is 24.2 Å². The van der Waals surface area contributed by atoms with E-state index in [2.05, 4.69) is 22.4 Å². The standard InChI is InChI=1S/C24H24N2O4/c1-16-13-17(2)24-20(14-16)21(10-12-28-24)26-22(27)15-29-18-6-8-19(9-7-18)30-23-5-3-4-11-25-23/h3-9,11,13-14,21H,10,12,15H2,1-2H3,(H,26,27). The van der Waals surface area contributed by atoms with E-state index in [1.54, 1.807) is 36.5 Å². The molecule has 0 spiro atoms. The highest BCUT2D eigenvalue weighted by Gasteiger charge is 2.24. The van der Waals surface area contributed by atoms with Crippen LogP contribution >= 0.6 is 0 Å². The van der Waals surface area contributed by atoms with Gasteiger partial charge in [-0.2, -0.15) is 0 Å². The van der Waals surface area contributed by atoms with E-state index < -0.39 is 0 Å². The Kier molecular flexibility index (Phi) is 5.84. The van der Waals surface area contributed by atoms with Crippen LogP contribution in [-0.4, -0.2) is 24.1 Å². The third kappa shape index (κ3) is 4.71. The summed E-state index contributed by atoms with van der Waals surface area (Å²) in [7, 11) is 0. The Morgan fingerprint density at radius 1 is 1.13 bits per heavy atom. The number of amides is 1. The number of carbonyl (C=O) groups is 1. The number of aromatic nitrogens is 1. The Morgan fingerprint density at radius 3 is 2.70 bits per heavy atom. The minimum absolute atomic E-state index is 0.0576. The van der Waals surface area contributed by atoms with Gasteiger partial charge in [-0.25, -0.2) is 4.98 Å². The monoisotopic (exact) mass is 404 g/mol. The molecule has 1 unspecified atom stereocenters. The lowest BCUT2D eigenvalue weighted by atomic mass is 9.95. The van der Waals surface area contributed by atoms with Crippen LogP contribution in [0.25, 0.3) is 0 Å². The first kappa shape index (κ1) is 19.8. The van der Waals surface area contributed by atoms with E-state index in [-0.39, 0.29) is 18.6 Å². The largest absolute Gasteiger partial charge is 0.493 e. The fourth-order valence-corrected chi connectivity index (χ4v) is 3.54. The lowest BCUT2D eigenvalue weighted by Crippen LogP contribution is -2.35. The molecule has 6 heteroatoms. The van der Waals surface area contributed by atoms with Gasteiger partial charge in [0.05, 0.1) is 12.6 Å². The summed E-state index contributed by atoms with van der Waals surface area (Å²) in [6.07, 6.45) is 2.41. The number of hydrogen-bond donors (Lipinski definition) is 1. The van der Waals surface area contributed by atoms with Crippen molar-refractivity contribution in [2.75, 3.05) is 13.2 Å². The van der Waals surface area contributed by atoms with Crippen molar-refractivity contribution in [3.63, 3.8) is 0 Å². The van der Waals surface area contributed by atoms with Crippen molar-refractivity contribution in [1.82, 2.24) is 10.3 Å². The molecule has 1 aliphatic heterocycles. The molecule has 0 saturated carbocycles. The summed E-state index contributed by atoms with van der Waals surface area (Å²) in [5.74, 6) is 2.47. The smallest absolute Gasteiger partial charge is 0.258 e. The number of aryl methyl sites for hydroxylation is 2. The first-order valence-corrected chi connectivity index (χ1v) is 9.93. The summed E-state index contributed by atoms with van der Waals surface area (Å²) in [5, 5.41) is 3.07. The Labute approximate surface area is 175 Å². The Hall–Kier alpha value is -3.54. The van der Waals surface area contributed by atoms with Crippen molar-refractivity contribution in [2.45, 2.75) is 26.3 Å². The molecule has 0 radical (unpaired) electrons. The molecule has 30 heavy (non-hydrogen) atoms. The number of benzene rings is 2. The van der Waals surface area contributed by atoms with Gasteiger partial charge in [-0.05, 0) is 49.7 Å². The number of fused-ring (bicyclic) bond motifs is 1. The molecule has 0 aliphatic carbocycles. The topological polar surface area (TPSA) is 69.7 Å². The molecule has 2 heterocycles. The summed E-state index contributed by atoms with van der Waals surface area (Å²) < 4.78 is 17.1. The first-order chi connectivity index (χ1) is 14.6. The highest BCUT2D eigenvalue weighted by atomic mass is 16.5. The minimum Gasteiger partial charge on any atom is -0.493 e.